The minimum atomic E-state index is -3.07. The predicted molar refractivity (Wildman–Crippen MR) is 108 cm³/mol. The van der Waals surface area contributed by atoms with Gasteiger partial charge in [0.15, 0.2) is 11.3 Å². The Hall–Kier alpha value is -3.76. The van der Waals surface area contributed by atoms with Gasteiger partial charge in [0.2, 0.25) is 0 Å². The molecule has 3 aromatic heterocycles. The number of carbonyl (C=O) groups excluding carboxylic acids is 1. The number of carbonyl (C=O) groups is 1. The van der Waals surface area contributed by atoms with E-state index in [0.29, 0.717) is 34.2 Å². The molecule has 3 heterocycles. The van der Waals surface area contributed by atoms with Crippen LogP contribution in [0.3, 0.4) is 0 Å². The van der Waals surface area contributed by atoms with Crippen LogP contribution in [0.2, 0.25) is 0 Å². The topological polar surface area (TPSA) is 77.1 Å². The van der Waals surface area contributed by atoms with Gasteiger partial charge >= 0.3 is 0 Å². The Morgan fingerprint density at radius 2 is 1.75 bits per heavy atom. The number of alkyl halides is 4. The Labute approximate surface area is 179 Å². The Balaban J connectivity index is 1.64. The van der Waals surface area contributed by atoms with Crippen LogP contribution in [0.25, 0.3) is 5.65 Å². The molecular weight excluding hydrogens is 428 g/mol. The standard InChI is InChI=1S/C21H18F4N6O/c1-11-18(12(2)30(28-11)10-13-6-4-3-5-7-13)27-21(32)15-9-17-26-14(19(22)23)8-16(20(24)25)31(17)29-15/h3-9,19-20H,10H2,1-2H3,(H,27,32). The van der Waals surface area contributed by atoms with Gasteiger partial charge in [-0.25, -0.2) is 27.1 Å². The first-order valence-corrected chi connectivity index (χ1v) is 9.60. The van der Waals surface area contributed by atoms with Gasteiger partial charge in [-0.15, -0.1) is 0 Å². The lowest BCUT2D eigenvalue weighted by Crippen LogP contribution is -2.14. The van der Waals surface area contributed by atoms with Gasteiger partial charge in [-0.05, 0) is 25.5 Å². The molecule has 11 heteroatoms. The first-order valence-electron chi connectivity index (χ1n) is 9.60. The Morgan fingerprint density at radius 1 is 1.03 bits per heavy atom. The molecule has 0 saturated heterocycles. The second-order valence-electron chi connectivity index (χ2n) is 7.15. The summed E-state index contributed by atoms with van der Waals surface area (Å²) in [6.45, 7) is 4.00. The summed E-state index contributed by atoms with van der Waals surface area (Å²) >= 11 is 0. The van der Waals surface area contributed by atoms with E-state index in [0.717, 1.165) is 11.6 Å². The average molecular weight is 446 g/mol. The zero-order valence-corrected chi connectivity index (χ0v) is 17.1. The third kappa shape index (κ3) is 4.05. The molecule has 0 spiro atoms. The van der Waals surface area contributed by atoms with Crippen LogP contribution in [0.4, 0.5) is 23.2 Å². The minimum absolute atomic E-state index is 0.236. The summed E-state index contributed by atoms with van der Waals surface area (Å²) < 4.78 is 55.1. The molecule has 166 valence electrons. The minimum Gasteiger partial charge on any atom is -0.317 e. The van der Waals surface area contributed by atoms with E-state index in [4.69, 9.17) is 0 Å². The fourth-order valence-corrected chi connectivity index (χ4v) is 3.36. The van der Waals surface area contributed by atoms with Crippen LogP contribution in [-0.2, 0) is 6.54 Å². The highest BCUT2D eigenvalue weighted by Gasteiger charge is 2.23. The van der Waals surface area contributed by atoms with Gasteiger partial charge in [-0.2, -0.15) is 10.2 Å². The number of hydrogen-bond donors (Lipinski definition) is 1. The number of amides is 1. The Morgan fingerprint density at radius 3 is 2.41 bits per heavy atom. The van der Waals surface area contributed by atoms with Crippen LogP contribution < -0.4 is 5.32 Å². The molecule has 1 N–H and O–H groups in total. The number of benzene rings is 1. The van der Waals surface area contributed by atoms with Crippen molar-refractivity contribution in [2.24, 2.45) is 0 Å². The van der Waals surface area contributed by atoms with E-state index in [1.54, 1.807) is 18.5 Å². The van der Waals surface area contributed by atoms with E-state index in [-0.39, 0.29) is 11.3 Å². The lowest BCUT2D eigenvalue weighted by molar-refractivity contribution is 0.102. The summed E-state index contributed by atoms with van der Waals surface area (Å²) in [5, 5.41) is 11.0. The molecule has 0 bridgehead atoms. The first kappa shape index (κ1) is 21.5. The van der Waals surface area contributed by atoms with Crippen LogP contribution in [0.15, 0.2) is 42.5 Å². The number of rotatable bonds is 6. The van der Waals surface area contributed by atoms with Crippen molar-refractivity contribution < 1.29 is 22.4 Å². The van der Waals surface area contributed by atoms with Crippen LogP contribution in [0, 0.1) is 13.8 Å². The van der Waals surface area contributed by atoms with E-state index in [2.05, 4.69) is 20.5 Å². The maximum Gasteiger partial charge on any atom is 0.280 e. The lowest BCUT2D eigenvalue weighted by atomic mass is 10.2. The molecule has 1 aromatic carbocycles. The quantitative estimate of drug-likeness (QED) is 0.435. The third-order valence-corrected chi connectivity index (χ3v) is 4.95. The van der Waals surface area contributed by atoms with Crippen molar-refractivity contribution in [3.63, 3.8) is 0 Å². The first-order chi connectivity index (χ1) is 15.2. The smallest absolute Gasteiger partial charge is 0.280 e. The van der Waals surface area contributed by atoms with Crippen LogP contribution in [-0.4, -0.2) is 30.3 Å². The third-order valence-electron chi connectivity index (χ3n) is 4.95. The van der Waals surface area contributed by atoms with E-state index in [9.17, 15) is 22.4 Å². The molecule has 0 aliphatic rings. The number of nitrogens with one attached hydrogen (secondary N) is 1. The van der Waals surface area contributed by atoms with Crippen molar-refractivity contribution in [2.75, 3.05) is 5.32 Å². The maximum absolute atomic E-state index is 13.3. The second kappa shape index (κ2) is 8.40. The Kier molecular flexibility index (Phi) is 5.64. The van der Waals surface area contributed by atoms with Crippen LogP contribution >= 0.6 is 0 Å². The van der Waals surface area contributed by atoms with E-state index in [1.165, 1.54) is 0 Å². The van der Waals surface area contributed by atoms with Crippen molar-refractivity contribution in [1.29, 1.82) is 0 Å². The largest absolute Gasteiger partial charge is 0.317 e. The predicted octanol–water partition coefficient (Wildman–Crippen LogP) is 4.72. The van der Waals surface area contributed by atoms with Crippen molar-refractivity contribution in [3.8, 4) is 0 Å². The Bertz CT molecular complexity index is 1280. The fraction of sp³-hybridized carbons (Fsp3) is 0.238. The van der Waals surface area contributed by atoms with Crippen molar-refractivity contribution in [1.82, 2.24) is 24.4 Å². The molecule has 4 rings (SSSR count). The fourth-order valence-electron chi connectivity index (χ4n) is 3.36. The van der Waals surface area contributed by atoms with E-state index < -0.39 is 30.1 Å². The molecule has 0 radical (unpaired) electrons. The molecule has 0 saturated carbocycles. The van der Waals surface area contributed by atoms with Gasteiger partial charge in [-0.1, -0.05) is 30.3 Å². The van der Waals surface area contributed by atoms with Crippen molar-refractivity contribution >= 4 is 17.2 Å². The number of aromatic nitrogens is 5. The normalized spacial score (nSPS) is 11.6. The molecule has 0 aliphatic carbocycles. The zero-order valence-electron chi connectivity index (χ0n) is 17.1. The summed E-state index contributed by atoms with van der Waals surface area (Å²) in [5.74, 6) is -0.695. The molecule has 7 nitrogen and oxygen atoms in total. The van der Waals surface area contributed by atoms with Gasteiger partial charge in [0, 0.05) is 6.07 Å². The van der Waals surface area contributed by atoms with Crippen molar-refractivity contribution in [2.45, 2.75) is 33.2 Å². The molecule has 0 aliphatic heterocycles. The number of fused-ring (bicyclic) bond motifs is 1. The summed E-state index contributed by atoms with van der Waals surface area (Å²) in [7, 11) is 0. The van der Waals surface area contributed by atoms with Gasteiger partial charge in [0.05, 0.1) is 23.6 Å². The number of aryl methyl sites for hydroxylation is 1. The van der Waals surface area contributed by atoms with Gasteiger partial charge in [0.25, 0.3) is 18.8 Å². The molecule has 0 unspecified atom stereocenters. The van der Waals surface area contributed by atoms with Crippen molar-refractivity contribution in [3.05, 3.63) is 76.5 Å². The molecule has 32 heavy (non-hydrogen) atoms. The summed E-state index contributed by atoms with van der Waals surface area (Å²) in [6, 6.07) is 11.3. The van der Waals surface area contributed by atoms with E-state index in [1.807, 2.05) is 30.3 Å². The van der Waals surface area contributed by atoms with Gasteiger partial charge in [0.1, 0.15) is 11.4 Å². The van der Waals surface area contributed by atoms with Crippen LogP contribution in [0.5, 0.6) is 0 Å². The number of nitrogens with zero attached hydrogens (tertiary/aromatic N) is 5. The maximum atomic E-state index is 13.3. The molecule has 4 aromatic rings. The summed E-state index contributed by atoms with van der Waals surface area (Å²) in [5.41, 5.74) is 0.643. The average Bonchev–Trinajstić information content (AvgIpc) is 3.30. The second-order valence-corrected chi connectivity index (χ2v) is 7.15. The zero-order chi connectivity index (χ0) is 23.0. The number of halogens is 4. The highest BCUT2D eigenvalue weighted by atomic mass is 19.3. The highest BCUT2D eigenvalue weighted by molar-refractivity contribution is 6.04. The summed E-state index contributed by atoms with van der Waals surface area (Å²) in [4.78, 5) is 16.4. The monoisotopic (exact) mass is 446 g/mol. The number of anilines is 1. The lowest BCUT2D eigenvalue weighted by Gasteiger charge is -2.07. The van der Waals surface area contributed by atoms with Crippen LogP contribution in [0.1, 0.15) is 51.7 Å². The summed E-state index contributed by atoms with van der Waals surface area (Å²) in [6.07, 6.45) is -6.11. The molecule has 1 amide bonds. The molecule has 0 fully saturated rings. The molecule has 0 atom stereocenters. The SMILES string of the molecule is Cc1nn(Cc2ccccc2)c(C)c1NC(=O)c1cc2nc(C(F)F)cc(C(F)F)n2n1. The van der Waals surface area contributed by atoms with Gasteiger partial charge < -0.3 is 5.32 Å². The highest BCUT2D eigenvalue weighted by Crippen LogP contribution is 2.26. The van der Waals surface area contributed by atoms with Gasteiger partial charge in [-0.3, -0.25) is 9.48 Å². The molecular formula is C21H18F4N6O. The number of hydrogen-bond acceptors (Lipinski definition) is 4. The van der Waals surface area contributed by atoms with E-state index >= 15 is 0 Å².